The van der Waals surface area contributed by atoms with Gasteiger partial charge >= 0.3 is 0 Å². The van der Waals surface area contributed by atoms with Crippen LogP contribution < -0.4 is 4.90 Å². The molecular formula is C13H20N2. The minimum absolute atomic E-state index is 0.768. The molecule has 15 heavy (non-hydrogen) atoms. The zero-order valence-corrected chi connectivity index (χ0v) is 9.69. The molecule has 0 aromatic heterocycles. The van der Waals surface area contributed by atoms with Crippen LogP contribution in [0, 0.1) is 0 Å². The Morgan fingerprint density at radius 1 is 1.07 bits per heavy atom. The Balaban J connectivity index is 1.94. The molecule has 0 unspecified atom stereocenters. The van der Waals surface area contributed by atoms with Crippen molar-refractivity contribution in [2.75, 3.05) is 32.1 Å². The van der Waals surface area contributed by atoms with Crippen molar-refractivity contribution in [1.29, 1.82) is 0 Å². The zero-order chi connectivity index (χ0) is 10.7. The van der Waals surface area contributed by atoms with Crippen LogP contribution in [0.2, 0.25) is 0 Å². The molecule has 0 amide bonds. The van der Waals surface area contributed by atoms with E-state index >= 15 is 0 Å². The second-order valence-electron chi connectivity index (χ2n) is 4.52. The normalized spacial score (nSPS) is 18.5. The van der Waals surface area contributed by atoms with Gasteiger partial charge in [-0.2, -0.15) is 0 Å². The predicted molar refractivity (Wildman–Crippen MR) is 65.4 cm³/mol. The Morgan fingerprint density at radius 2 is 1.67 bits per heavy atom. The third kappa shape index (κ3) is 2.51. The van der Waals surface area contributed by atoms with E-state index in [2.05, 4.69) is 54.2 Å². The summed E-state index contributed by atoms with van der Waals surface area (Å²) in [5.41, 5.74) is 1.37. The molecule has 0 spiro atoms. The van der Waals surface area contributed by atoms with Gasteiger partial charge in [-0.25, -0.2) is 0 Å². The van der Waals surface area contributed by atoms with Gasteiger partial charge in [0.25, 0.3) is 0 Å². The van der Waals surface area contributed by atoms with Crippen molar-refractivity contribution < 1.29 is 0 Å². The maximum Gasteiger partial charge on any atom is 0.0366 e. The highest BCUT2D eigenvalue weighted by atomic mass is 15.2. The summed E-state index contributed by atoms with van der Waals surface area (Å²) < 4.78 is 0. The van der Waals surface area contributed by atoms with Crippen molar-refractivity contribution in [2.45, 2.75) is 18.9 Å². The van der Waals surface area contributed by atoms with Gasteiger partial charge in [-0.1, -0.05) is 18.2 Å². The highest BCUT2D eigenvalue weighted by Crippen LogP contribution is 2.20. The number of rotatable bonds is 2. The number of benzene rings is 1. The van der Waals surface area contributed by atoms with E-state index in [0.717, 1.165) is 6.04 Å². The molecule has 1 fully saturated rings. The smallest absolute Gasteiger partial charge is 0.0366 e. The van der Waals surface area contributed by atoms with E-state index in [4.69, 9.17) is 0 Å². The van der Waals surface area contributed by atoms with E-state index in [9.17, 15) is 0 Å². The molecule has 1 heterocycles. The van der Waals surface area contributed by atoms with E-state index in [1.54, 1.807) is 0 Å². The Morgan fingerprint density at radius 3 is 2.20 bits per heavy atom. The van der Waals surface area contributed by atoms with Gasteiger partial charge in [0.05, 0.1) is 0 Å². The minimum Gasteiger partial charge on any atom is -0.371 e. The van der Waals surface area contributed by atoms with E-state index in [1.807, 2.05) is 0 Å². The number of piperidine rings is 1. The summed E-state index contributed by atoms with van der Waals surface area (Å²) >= 11 is 0. The monoisotopic (exact) mass is 204 g/mol. The topological polar surface area (TPSA) is 6.48 Å². The molecule has 2 nitrogen and oxygen atoms in total. The van der Waals surface area contributed by atoms with Crippen LogP contribution >= 0.6 is 0 Å². The van der Waals surface area contributed by atoms with Crippen LogP contribution in [-0.2, 0) is 0 Å². The van der Waals surface area contributed by atoms with Gasteiger partial charge < -0.3 is 9.80 Å². The SMILES string of the molecule is CN(C)C1CCN(c2ccccc2)CC1. The number of nitrogens with zero attached hydrogens (tertiary/aromatic N) is 2. The molecule has 0 radical (unpaired) electrons. The maximum atomic E-state index is 2.49. The third-order valence-corrected chi connectivity index (χ3v) is 3.32. The zero-order valence-electron chi connectivity index (χ0n) is 9.69. The summed E-state index contributed by atoms with van der Waals surface area (Å²) in [4.78, 5) is 4.84. The molecule has 2 heteroatoms. The lowest BCUT2D eigenvalue weighted by molar-refractivity contribution is 0.249. The van der Waals surface area contributed by atoms with Gasteiger partial charge in [0, 0.05) is 24.8 Å². The quantitative estimate of drug-likeness (QED) is 0.729. The summed E-state index contributed by atoms with van der Waals surface area (Å²) in [7, 11) is 4.37. The van der Waals surface area contributed by atoms with Crippen molar-refractivity contribution >= 4 is 5.69 Å². The Kier molecular flexibility index (Phi) is 3.27. The fourth-order valence-corrected chi connectivity index (χ4v) is 2.28. The van der Waals surface area contributed by atoms with Crippen LogP contribution in [0.4, 0.5) is 5.69 Å². The number of hydrogen-bond acceptors (Lipinski definition) is 2. The van der Waals surface area contributed by atoms with Crippen molar-refractivity contribution in [2.24, 2.45) is 0 Å². The van der Waals surface area contributed by atoms with Crippen molar-refractivity contribution in [1.82, 2.24) is 4.90 Å². The van der Waals surface area contributed by atoms with Crippen LogP contribution in [0.5, 0.6) is 0 Å². The molecule has 0 N–H and O–H groups in total. The van der Waals surface area contributed by atoms with Gasteiger partial charge in [0.2, 0.25) is 0 Å². The van der Waals surface area contributed by atoms with Crippen LogP contribution in [0.15, 0.2) is 30.3 Å². The van der Waals surface area contributed by atoms with Gasteiger partial charge in [-0.3, -0.25) is 0 Å². The molecule has 1 aliphatic rings. The lowest BCUT2D eigenvalue weighted by atomic mass is 10.0. The molecule has 82 valence electrons. The molecule has 2 rings (SSSR count). The van der Waals surface area contributed by atoms with Crippen LogP contribution in [0.1, 0.15) is 12.8 Å². The van der Waals surface area contributed by atoms with E-state index in [-0.39, 0.29) is 0 Å². The Hall–Kier alpha value is -1.02. The van der Waals surface area contributed by atoms with Crippen LogP contribution in [-0.4, -0.2) is 38.1 Å². The van der Waals surface area contributed by atoms with Gasteiger partial charge in [-0.05, 0) is 39.1 Å². The van der Waals surface area contributed by atoms with Gasteiger partial charge in [-0.15, -0.1) is 0 Å². The summed E-state index contributed by atoms with van der Waals surface area (Å²) in [5, 5.41) is 0. The van der Waals surface area contributed by atoms with Gasteiger partial charge in [0.15, 0.2) is 0 Å². The summed E-state index contributed by atoms with van der Waals surface area (Å²) in [6, 6.07) is 11.5. The van der Waals surface area contributed by atoms with Crippen molar-refractivity contribution in [3.8, 4) is 0 Å². The first-order valence-corrected chi connectivity index (χ1v) is 5.74. The van der Waals surface area contributed by atoms with Crippen molar-refractivity contribution in [3.63, 3.8) is 0 Å². The second-order valence-corrected chi connectivity index (χ2v) is 4.52. The summed E-state index contributed by atoms with van der Waals surface area (Å²) in [6.07, 6.45) is 2.56. The molecule has 0 aliphatic carbocycles. The Bertz CT molecular complexity index is 287. The van der Waals surface area contributed by atoms with E-state index < -0.39 is 0 Å². The molecule has 1 saturated heterocycles. The first-order chi connectivity index (χ1) is 7.27. The highest BCUT2D eigenvalue weighted by Gasteiger charge is 2.20. The van der Waals surface area contributed by atoms with E-state index in [1.165, 1.54) is 31.6 Å². The lowest BCUT2D eigenvalue weighted by Crippen LogP contribution is -2.41. The van der Waals surface area contributed by atoms with Crippen LogP contribution in [0.3, 0.4) is 0 Å². The average Bonchev–Trinajstić information content (AvgIpc) is 2.30. The van der Waals surface area contributed by atoms with Gasteiger partial charge in [0.1, 0.15) is 0 Å². The average molecular weight is 204 g/mol. The summed E-state index contributed by atoms with van der Waals surface area (Å²) in [6.45, 7) is 2.37. The Labute approximate surface area is 92.5 Å². The fraction of sp³-hybridized carbons (Fsp3) is 0.538. The third-order valence-electron chi connectivity index (χ3n) is 3.32. The molecular weight excluding hydrogens is 184 g/mol. The largest absolute Gasteiger partial charge is 0.371 e. The van der Waals surface area contributed by atoms with E-state index in [0.29, 0.717) is 0 Å². The standard InChI is InChI=1S/C13H20N2/c1-14(2)12-8-10-15(11-9-12)13-6-4-3-5-7-13/h3-7,12H,8-11H2,1-2H3. The lowest BCUT2D eigenvalue weighted by Gasteiger charge is -2.36. The fourth-order valence-electron chi connectivity index (χ4n) is 2.28. The second kappa shape index (κ2) is 4.67. The molecule has 0 bridgehead atoms. The molecule has 1 aliphatic heterocycles. The summed E-state index contributed by atoms with van der Waals surface area (Å²) in [5.74, 6) is 0. The first-order valence-electron chi connectivity index (χ1n) is 5.74. The molecule has 1 aromatic carbocycles. The number of para-hydroxylation sites is 1. The number of anilines is 1. The molecule has 0 atom stereocenters. The highest BCUT2D eigenvalue weighted by molar-refractivity contribution is 5.46. The predicted octanol–water partition coefficient (Wildman–Crippen LogP) is 2.22. The van der Waals surface area contributed by atoms with Crippen LogP contribution in [0.25, 0.3) is 0 Å². The number of hydrogen-bond donors (Lipinski definition) is 0. The molecule has 1 aromatic rings. The van der Waals surface area contributed by atoms with Crippen molar-refractivity contribution in [3.05, 3.63) is 30.3 Å². The first kappa shape index (κ1) is 10.5. The maximum absolute atomic E-state index is 2.49. The minimum atomic E-state index is 0.768. The molecule has 0 saturated carbocycles.